The van der Waals surface area contributed by atoms with Crippen LogP contribution in [0, 0.1) is 0 Å². The van der Waals surface area contributed by atoms with Gasteiger partial charge in [-0.3, -0.25) is 9.59 Å². The summed E-state index contributed by atoms with van der Waals surface area (Å²) in [6.07, 6.45) is 0.694. The summed E-state index contributed by atoms with van der Waals surface area (Å²) in [5, 5.41) is 0. The first-order chi connectivity index (χ1) is 13.8. The highest BCUT2D eigenvalue weighted by atomic mass is 32.2. The van der Waals surface area contributed by atoms with Crippen LogP contribution < -0.4 is 0 Å². The summed E-state index contributed by atoms with van der Waals surface area (Å²) in [7, 11) is -3.70. The van der Waals surface area contributed by atoms with Crippen molar-refractivity contribution in [2.45, 2.75) is 31.1 Å². The summed E-state index contributed by atoms with van der Waals surface area (Å²) in [5.74, 6) is -0.357. The first kappa shape index (κ1) is 21.2. The molecule has 1 atom stereocenters. The smallest absolute Gasteiger partial charge is 0.243 e. The van der Waals surface area contributed by atoms with Crippen molar-refractivity contribution < 1.29 is 18.0 Å². The molecule has 3 rings (SSSR count). The molecule has 0 aliphatic carbocycles. The van der Waals surface area contributed by atoms with Gasteiger partial charge in [-0.2, -0.15) is 4.31 Å². The van der Waals surface area contributed by atoms with Gasteiger partial charge in [0.25, 0.3) is 0 Å². The molecule has 2 aromatic carbocycles. The Morgan fingerprint density at radius 1 is 0.966 bits per heavy atom. The molecular formula is C22H26N2O4S. The highest BCUT2D eigenvalue weighted by Crippen LogP contribution is 2.24. The number of nitrogens with zero attached hydrogens (tertiary/aromatic N) is 2. The van der Waals surface area contributed by atoms with Gasteiger partial charge in [0, 0.05) is 31.7 Å². The molecule has 0 aromatic heterocycles. The van der Waals surface area contributed by atoms with Crippen LogP contribution in [0.5, 0.6) is 0 Å². The highest BCUT2D eigenvalue weighted by Gasteiger charge is 2.32. The predicted octanol–water partition coefficient (Wildman–Crippen LogP) is 2.92. The zero-order valence-electron chi connectivity index (χ0n) is 16.7. The normalized spacial score (nSPS) is 16.4. The minimum atomic E-state index is -3.70. The molecule has 0 bridgehead atoms. The van der Waals surface area contributed by atoms with Crippen LogP contribution >= 0.6 is 0 Å². The summed E-state index contributed by atoms with van der Waals surface area (Å²) >= 11 is 0. The van der Waals surface area contributed by atoms with Crippen LogP contribution in [0.25, 0.3) is 0 Å². The van der Waals surface area contributed by atoms with E-state index in [1.165, 1.54) is 23.4 Å². The number of piperazine rings is 1. The van der Waals surface area contributed by atoms with Crippen molar-refractivity contribution in [3.63, 3.8) is 0 Å². The molecule has 1 amide bonds. The predicted molar refractivity (Wildman–Crippen MR) is 111 cm³/mol. The molecule has 6 nitrogen and oxygen atoms in total. The molecule has 1 heterocycles. The van der Waals surface area contributed by atoms with Crippen LogP contribution in [0.2, 0.25) is 0 Å². The number of carbonyl (C=O) groups is 2. The van der Waals surface area contributed by atoms with E-state index < -0.39 is 10.0 Å². The maximum Gasteiger partial charge on any atom is 0.243 e. The van der Waals surface area contributed by atoms with Crippen molar-refractivity contribution in [3.8, 4) is 0 Å². The molecular weight excluding hydrogens is 388 g/mol. The Morgan fingerprint density at radius 2 is 1.62 bits per heavy atom. The first-order valence-electron chi connectivity index (χ1n) is 9.79. The van der Waals surface area contributed by atoms with E-state index in [9.17, 15) is 18.0 Å². The number of Topliss-reactive ketones (excluding diaryl/α,β-unsaturated/α-hetero) is 1. The van der Waals surface area contributed by atoms with Crippen LogP contribution in [0.3, 0.4) is 0 Å². The molecule has 7 heteroatoms. The lowest BCUT2D eigenvalue weighted by molar-refractivity contribution is -0.134. The molecule has 0 spiro atoms. The zero-order chi connectivity index (χ0) is 21.0. The minimum absolute atomic E-state index is 0.0364. The number of ketones is 1. The average molecular weight is 415 g/mol. The zero-order valence-corrected chi connectivity index (χ0v) is 17.6. The molecule has 1 saturated heterocycles. The Hall–Kier alpha value is -2.51. The Labute approximate surface area is 172 Å². The van der Waals surface area contributed by atoms with Gasteiger partial charge in [0.15, 0.2) is 5.78 Å². The molecule has 29 heavy (non-hydrogen) atoms. The number of benzene rings is 2. The van der Waals surface area contributed by atoms with Gasteiger partial charge in [0.1, 0.15) is 0 Å². The van der Waals surface area contributed by atoms with Crippen molar-refractivity contribution in [2.75, 3.05) is 26.2 Å². The molecule has 1 fully saturated rings. The van der Waals surface area contributed by atoms with Gasteiger partial charge in [0.05, 0.1) is 10.8 Å². The van der Waals surface area contributed by atoms with Crippen LogP contribution in [-0.2, 0) is 14.8 Å². The van der Waals surface area contributed by atoms with Gasteiger partial charge in [-0.05, 0) is 31.0 Å². The van der Waals surface area contributed by atoms with E-state index in [4.69, 9.17) is 0 Å². The third-order valence-electron chi connectivity index (χ3n) is 5.34. The van der Waals surface area contributed by atoms with E-state index in [0.717, 1.165) is 5.56 Å². The molecule has 0 radical (unpaired) electrons. The van der Waals surface area contributed by atoms with Crippen molar-refractivity contribution in [3.05, 3.63) is 65.7 Å². The number of rotatable bonds is 6. The Kier molecular flexibility index (Phi) is 6.49. The summed E-state index contributed by atoms with van der Waals surface area (Å²) in [6.45, 7) is 4.58. The van der Waals surface area contributed by atoms with Crippen molar-refractivity contribution >= 4 is 21.7 Å². The fourth-order valence-corrected chi connectivity index (χ4v) is 5.10. The SMILES string of the molecule is CC[C@H](C(=O)N1CCN(S(=O)(=O)c2cccc(C(C)=O)c2)CC1)c1ccccc1. The van der Waals surface area contributed by atoms with Gasteiger partial charge >= 0.3 is 0 Å². The van der Waals surface area contributed by atoms with E-state index >= 15 is 0 Å². The number of carbonyl (C=O) groups excluding carboxylic acids is 2. The lowest BCUT2D eigenvalue weighted by Crippen LogP contribution is -2.51. The van der Waals surface area contributed by atoms with Crippen molar-refractivity contribution in [1.82, 2.24) is 9.21 Å². The first-order valence-corrected chi connectivity index (χ1v) is 11.2. The lowest BCUT2D eigenvalue weighted by atomic mass is 9.95. The van der Waals surface area contributed by atoms with Crippen LogP contribution in [0.15, 0.2) is 59.5 Å². The van der Waals surface area contributed by atoms with E-state index in [-0.39, 0.29) is 35.6 Å². The maximum absolute atomic E-state index is 13.0. The standard InChI is InChI=1S/C22H26N2O4S/c1-3-21(18-8-5-4-6-9-18)22(26)23-12-14-24(15-13-23)29(27,28)20-11-7-10-19(16-20)17(2)25/h4-11,16,21H,3,12-15H2,1-2H3/t21-/m0/s1. The summed E-state index contributed by atoms with van der Waals surface area (Å²) in [6, 6.07) is 15.8. The molecule has 0 unspecified atom stereocenters. The maximum atomic E-state index is 13.0. The van der Waals surface area contributed by atoms with Crippen molar-refractivity contribution in [1.29, 1.82) is 0 Å². The van der Waals surface area contributed by atoms with E-state index in [1.54, 1.807) is 17.0 Å². The Balaban J connectivity index is 1.70. The average Bonchev–Trinajstić information content (AvgIpc) is 2.75. The fourth-order valence-electron chi connectivity index (χ4n) is 3.63. The van der Waals surface area contributed by atoms with E-state index in [1.807, 2.05) is 37.3 Å². The second kappa shape index (κ2) is 8.88. The molecule has 1 aliphatic heterocycles. The fraction of sp³-hybridized carbons (Fsp3) is 0.364. The van der Waals surface area contributed by atoms with Gasteiger partial charge in [-0.15, -0.1) is 0 Å². The third-order valence-corrected chi connectivity index (χ3v) is 7.23. The number of amides is 1. The monoisotopic (exact) mass is 414 g/mol. The summed E-state index contributed by atoms with van der Waals surface area (Å²) < 4.78 is 27.3. The number of sulfonamides is 1. The molecule has 0 saturated carbocycles. The molecule has 0 N–H and O–H groups in total. The van der Waals surface area contributed by atoms with E-state index in [2.05, 4.69) is 0 Å². The largest absolute Gasteiger partial charge is 0.340 e. The number of hydrogen-bond acceptors (Lipinski definition) is 4. The lowest BCUT2D eigenvalue weighted by Gasteiger charge is -2.35. The molecule has 2 aromatic rings. The second-order valence-electron chi connectivity index (χ2n) is 7.18. The van der Waals surface area contributed by atoms with Gasteiger partial charge < -0.3 is 4.90 Å². The Morgan fingerprint density at radius 3 is 2.21 bits per heavy atom. The Bertz CT molecular complexity index is 981. The van der Waals surface area contributed by atoms with Crippen LogP contribution in [-0.4, -0.2) is 55.5 Å². The van der Waals surface area contributed by atoms with Gasteiger partial charge in [-0.25, -0.2) is 8.42 Å². The summed E-state index contributed by atoms with van der Waals surface area (Å²) in [5.41, 5.74) is 1.35. The molecule has 154 valence electrons. The second-order valence-corrected chi connectivity index (χ2v) is 9.12. The number of hydrogen-bond donors (Lipinski definition) is 0. The van der Waals surface area contributed by atoms with Crippen molar-refractivity contribution in [2.24, 2.45) is 0 Å². The topological polar surface area (TPSA) is 74.8 Å². The van der Waals surface area contributed by atoms with Crippen LogP contribution in [0.1, 0.15) is 42.1 Å². The summed E-state index contributed by atoms with van der Waals surface area (Å²) in [4.78, 5) is 26.4. The third kappa shape index (κ3) is 4.57. The highest BCUT2D eigenvalue weighted by molar-refractivity contribution is 7.89. The molecule has 1 aliphatic rings. The quantitative estimate of drug-likeness (QED) is 0.681. The minimum Gasteiger partial charge on any atom is -0.340 e. The van der Waals surface area contributed by atoms with Crippen LogP contribution in [0.4, 0.5) is 0 Å². The van der Waals surface area contributed by atoms with Gasteiger partial charge in [0.2, 0.25) is 15.9 Å². The van der Waals surface area contributed by atoms with Gasteiger partial charge in [-0.1, -0.05) is 49.4 Å². The van der Waals surface area contributed by atoms with E-state index in [0.29, 0.717) is 25.1 Å².